The number of imidazole rings is 1. The number of aromatic amines is 1. The average molecular weight is 356 g/mol. The normalized spacial score (nSPS) is 12.0. The molecule has 0 saturated heterocycles. The van der Waals surface area contributed by atoms with Gasteiger partial charge in [0.1, 0.15) is 5.82 Å². The lowest BCUT2D eigenvalue weighted by atomic mass is 10.2. The van der Waals surface area contributed by atoms with Crippen molar-refractivity contribution in [2.45, 2.75) is 25.8 Å². The fraction of sp³-hybridized carbons (Fsp3) is 0.278. The molecule has 6 nitrogen and oxygen atoms in total. The predicted molar refractivity (Wildman–Crippen MR) is 98.5 cm³/mol. The third-order valence-electron chi connectivity index (χ3n) is 3.81. The minimum atomic E-state index is -0.194. The van der Waals surface area contributed by atoms with Crippen LogP contribution in [0.15, 0.2) is 41.8 Å². The molecule has 0 spiro atoms. The van der Waals surface area contributed by atoms with Crippen molar-refractivity contribution in [3.05, 3.63) is 52.5 Å². The van der Waals surface area contributed by atoms with Gasteiger partial charge in [0.25, 0.3) is 5.91 Å². The number of para-hydroxylation sites is 2. The van der Waals surface area contributed by atoms with E-state index in [1.807, 2.05) is 42.6 Å². The van der Waals surface area contributed by atoms with Crippen LogP contribution in [0.4, 0.5) is 0 Å². The van der Waals surface area contributed by atoms with E-state index in [9.17, 15) is 9.59 Å². The van der Waals surface area contributed by atoms with Crippen LogP contribution in [0.1, 0.15) is 41.3 Å². The first kappa shape index (κ1) is 17.2. The van der Waals surface area contributed by atoms with E-state index in [1.165, 1.54) is 11.3 Å². The molecule has 0 aliphatic rings. The topological polar surface area (TPSA) is 86.9 Å². The fourth-order valence-corrected chi connectivity index (χ4v) is 3.15. The summed E-state index contributed by atoms with van der Waals surface area (Å²) >= 11 is 1.40. The molecule has 0 saturated carbocycles. The van der Waals surface area contributed by atoms with Gasteiger partial charge in [-0.15, -0.1) is 11.3 Å². The number of hydrogen-bond donors (Lipinski definition) is 3. The fourth-order valence-electron chi connectivity index (χ4n) is 2.51. The lowest BCUT2D eigenvalue weighted by molar-refractivity contribution is -0.121. The molecule has 2 heterocycles. The smallest absolute Gasteiger partial charge is 0.261 e. The first-order valence-corrected chi connectivity index (χ1v) is 9.07. The molecule has 0 bridgehead atoms. The van der Waals surface area contributed by atoms with E-state index in [0.717, 1.165) is 16.9 Å². The highest BCUT2D eigenvalue weighted by Gasteiger charge is 2.13. The van der Waals surface area contributed by atoms with Crippen LogP contribution in [-0.4, -0.2) is 28.3 Å². The Kier molecular flexibility index (Phi) is 5.45. The second-order valence-electron chi connectivity index (χ2n) is 5.77. The van der Waals surface area contributed by atoms with Crippen LogP contribution in [0.2, 0.25) is 0 Å². The number of nitrogens with one attached hydrogen (secondary N) is 3. The Hall–Kier alpha value is -2.67. The number of amides is 2. The lowest BCUT2D eigenvalue weighted by Gasteiger charge is -2.11. The summed E-state index contributed by atoms with van der Waals surface area (Å²) in [7, 11) is 0. The molecule has 0 aliphatic carbocycles. The quantitative estimate of drug-likeness (QED) is 0.569. The SMILES string of the molecule is C[C@H](NC(=O)CCCNC(=O)c1cccs1)c1nc2ccccc2[nH]1. The van der Waals surface area contributed by atoms with Crippen LogP contribution in [-0.2, 0) is 4.79 Å². The second kappa shape index (κ2) is 7.94. The molecule has 0 radical (unpaired) electrons. The Morgan fingerprint density at radius 3 is 2.84 bits per heavy atom. The summed E-state index contributed by atoms with van der Waals surface area (Å²) in [5.74, 6) is 0.588. The molecule has 2 aromatic heterocycles. The number of carbonyl (C=O) groups excluding carboxylic acids is 2. The van der Waals surface area contributed by atoms with Crippen molar-refractivity contribution >= 4 is 34.2 Å². The number of H-pyrrole nitrogens is 1. The summed E-state index contributed by atoms with van der Waals surface area (Å²) in [4.78, 5) is 32.2. The first-order valence-electron chi connectivity index (χ1n) is 8.19. The van der Waals surface area contributed by atoms with E-state index in [4.69, 9.17) is 0 Å². The van der Waals surface area contributed by atoms with E-state index < -0.39 is 0 Å². The summed E-state index contributed by atoms with van der Waals surface area (Å²) in [6.07, 6.45) is 0.949. The van der Waals surface area contributed by atoms with Crippen molar-refractivity contribution in [3.8, 4) is 0 Å². The zero-order valence-electron chi connectivity index (χ0n) is 13.9. The molecule has 130 valence electrons. The van der Waals surface area contributed by atoms with Gasteiger partial charge in [0, 0.05) is 13.0 Å². The zero-order chi connectivity index (χ0) is 17.6. The molecule has 3 rings (SSSR count). The molecular formula is C18H20N4O2S. The van der Waals surface area contributed by atoms with Gasteiger partial charge in [0.15, 0.2) is 0 Å². The molecule has 0 fully saturated rings. The van der Waals surface area contributed by atoms with Crippen molar-refractivity contribution in [3.63, 3.8) is 0 Å². The van der Waals surface area contributed by atoms with E-state index in [-0.39, 0.29) is 17.9 Å². The molecule has 2 amide bonds. The van der Waals surface area contributed by atoms with Gasteiger partial charge in [-0.25, -0.2) is 4.98 Å². The van der Waals surface area contributed by atoms with Gasteiger partial charge < -0.3 is 15.6 Å². The van der Waals surface area contributed by atoms with Gasteiger partial charge in [-0.05, 0) is 36.9 Å². The number of aromatic nitrogens is 2. The van der Waals surface area contributed by atoms with Crippen molar-refractivity contribution < 1.29 is 9.59 Å². The lowest BCUT2D eigenvalue weighted by Crippen LogP contribution is -2.29. The standard InChI is InChI=1S/C18H20N4O2S/c1-12(17-21-13-6-2-3-7-14(13)22-17)20-16(23)9-4-10-19-18(24)15-8-5-11-25-15/h2-3,5-8,11-12H,4,9-10H2,1H3,(H,19,24)(H,20,23)(H,21,22)/t12-/m0/s1. The predicted octanol–water partition coefficient (Wildman–Crippen LogP) is 3.01. The molecule has 3 N–H and O–H groups in total. The summed E-state index contributed by atoms with van der Waals surface area (Å²) in [5, 5.41) is 7.61. The Balaban J connectivity index is 1.42. The first-order chi connectivity index (χ1) is 12.1. The van der Waals surface area contributed by atoms with Crippen molar-refractivity contribution in [2.24, 2.45) is 0 Å². The Morgan fingerprint density at radius 2 is 2.08 bits per heavy atom. The van der Waals surface area contributed by atoms with Gasteiger partial charge in [-0.2, -0.15) is 0 Å². The number of rotatable bonds is 7. The number of carbonyl (C=O) groups is 2. The molecule has 3 aromatic rings. The molecule has 7 heteroatoms. The van der Waals surface area contributed by atoms with Crippen LogP contribution >= 0.6 is 11.3 Å². The molecule has 0 aliphatic heterocycles. The minimum Gasteiger partial charge on any atom is -0.351 e. The second-order valence-corrected chi connectivity index (χ2v) is 6.71. The monoisotopic (exact) mass is 356 g/mol. The van der Waals surface area contributed by atoms with Crippen LogP contribution < -0.4 is 10.6 Å². The molecule has 1 atom stereocenters. The van der Waals surface area contributed by atoms with E-state index in [2.05, 4.69) is 20.6 Å². The zero-order valence-corrected chi connectivity index (χ0v) is 14.7. The highest BCUT2D eigenvalue weighted by molar-refractivity contribution is 7.12. The highest BCUT2D eigenvalue weighted by Crippen LogP contribution is 2.15. The van der Waals surface area contributed by atoms with E-state index in [0.29, 0.717) is 24.3 Å². The Labute approximate surface area is 149 Å². The summed E-state index contributed by atoms with van der Waals surface area (Å²) in [6.45, 7) is 2.37. The summed E-state index contributed by atoms with van der Waals surface area (Å²) in [5.41, 5.74) is 1.84. The molecule has 25 heavy (non-hydrogen) atoms. The van der Waals surface area contributed by atoms with Crippen molar-refractivity contribution in [2.75, 3.05) is 6.54 Å². The average Bonchev–Trinajstić information content (AvgIpc) is 3.27. The minimum absolute atomic E-state index is 0.0571. The van der Waals surface area contributed by atoms with Gasteiger partial charge in [0.05, 0.1) is 22.0 Å². The summed E-state index contributed by atoms with van der Waals surface area (Å²) in [6, 6.07) is 11.2. The van der Waals surface area contributed by atoms with Crippen LogP contribution in [0.3, 0.4) is 0 Å². The highest BCUT2D eigenvalue weighted by atomic mass is 32.1. The summed E-state index contributed by atoms with van der Waals surface area (Å²) < 4.78 is 0. The van der Waals surface area contributed by atoms with Gasteiger partial charge in [0.2, 0.25) is 5.91 Å². The Bertz CT molecular complexity index is 824. The van der Waals surface area contributed by atoms with Crippen molar-refractivity contribution in [1.82, 2.24) is 20.6 Å². The number of hydrogen-bond acceptors (Lipinski definition) is 4. The number of thiophene rings is 1. The molecular weight excluding hydrogens is 336 g/mol. The largest absolute Gasteiger partial charge is 0.351 e. The van der Waals surface area contributed by atoms with Crippen LogP contribution in [0.5, 0.6) is 0 Å². The van der Waals surface area contributed by atoms with Crippen molar-refractivity contribution in [1.29, 1.82) is 0 Å². The number of benzene rings is 1. The molecule has 0 unspecified atom stereocenters. The van der Waals surface area contributed by atoms with Crippen LogP contribution in [0.25, 0.3) is 11.0 Å². The third kappa shape index (κ3) is 4.45. The van der Waals surface area contributed by atoms with E-state index >= 15 is 0 Å². The maximum Gasteiger partial charge on any atom is 0.261 e. The maximum absolute atomic E-state index is 12.1. The van der Waals surface area contributed by atoms with Gasteiger partial charge in [-0.3, -0.25) is 9.59 Å². The Morgan fingerprint density at radius 1 is 1.24 bits per heavy atom. The molecule has 1 aromatic carbocycles. The van der Waals surface area contributed by atoms with E-state index in [1.54, 1.807) is 6.07 Å². The van der Waals surface area contributed by atoms with Gasteiger partial charge in [-0.1, -0.05) is 18.2 Å². The number of nitrogens with zero attached hydrogens (tertiary/aromatic N) is 1. The maximum atomic E-state index is 12.1. The van der Waals surface area contributed by atoms with Gasteiger partial charge >= 0.3 is 0 Å². The number of fused-ring (bicyclic) bond motifs is 1. The van der Waals surface area contributed by atoms with Crippen LogP contribution in [0, 0.1) is 0 Å². The third-order valence-corrected chi connectivity index (χ3v) is 4.68.